The van der Waals surface area contributed by atoms with E-state index in [9.17, 15) is 13.2 Å². The Morgan fingerprint density at radius 3 is 2.53 bits per heavy atom. The van der Waals surface area contributed by atoms with Gasteiger partial charge in [0.05, 0.1) is 29.4 Å². The van der Waals surface area contributed by atoms with Crippen molar-refractivity contribution in [3.05, 3.63) is 65.9 Å². The minimum Gasteiger partial charge on any atom is -0.482 e. The third-order valence-electron chi connectivity index (χ3n) is 6.19. The maximum atomic E-state index is 13.3. The lowest BCUT2D eigenvalue weighted by Gasteiger charge is -2.44. The van der Waals surface area contributed by atoms with Crippen LogP contribution in [0, 0.1) is 0 Å². The number of sulfonamides is 1. The van der Waals surface area contributed by atoms with E-state index in [1.165, 1.54) is 0 Å². The first-order valence-electron chi connectivity index (χ1n) is 10.4. The van der Waals surface area contributed by atoms with Crippen LogP contribution in [-0.4, -0.2) is 48.4 Å². The predicted molar refractivity (Wildman–Crippen MR) is 121 cm³/mol. The number of aryl methyl sites for hydroxylation is 1. The number of amides is 1. The Morgan fingerprint density at radius 1 is 1.09 bits per heavy atom. The van der Waals surface area contributed by atoms with Gasteiger partial charge in [-0.2, -0.15) is 5.10 Å². The number of hydrogen-bond donors (Lipinski definition) is 1. The van der Waals surface area contributed by atoms with Gasteiger partial charge in [0.25, 0.3) is 5.91 Å². The summed E-state index contributed by atoms with van der Waals surface area (Å²) < 4.78 is 34.3. The molecule has 0 radical (unpaired) electrons. The highest BCUT2D eigenvalue weighted by Gasteiger charge is 2.46. The van der Waals surface area contributed by atoms with Gasteiger partial charge in [-0.1, -0.05) is 24.3 Å². The quantitative estimate of drug-likeness (QED) is 0.659. The van der Waals surface area contributed by atoms with Gasteiger partial charge in [-0.25, -0.2) is 8.42 Å². The number of carbonyl (C=O) groups is 1. The Morgan fingerprint density at radius 2 is 1.78 bits per heavy atom. The van der Waals surface area contributed by atoms with E-state index in [1.54, 1.807) is 29.2 Å². The third kappa shape index (κ3) is 3.42. The van der Waals surface area contributed by atoms with E-state index in [0.29, 0.717) is 31.5 Å². The summed E-state index contributed by atoms with van der Waals surface area (Å²) >= 11 is 0. The summed E-state index contributed by atoms with van der Waals surface area (Å²) in [5, 5.41) is 4.49. The summed E-state index contributed by atoms with van der Waals surface area (Å²) in [5.74, 6) is 0.625. The molecule has 3 aromatic rings. The Hall–Kier alpha value is -3.33. The molecule has 1 spiro atoms. The molecule has 9 heteroatoms. The molecule has 8 nitrogen and oxygen atoms in total. The number of fused-ring (bicyclic) bond motifs is 4. The van der Waals surface area contributed by atoms with E-state index in [1.807, 2.05) is 42.2 Å². The molecule has 0 unspecified atom stereocenters. The van der Waals surface area contributed by atoms with Crippen LogP contribution in [0.4, 0.5) is 5.69 Å². The van der Waals surface area contributed by atoms with Crippen molar-refractivity contribution in [3.8, 4) is 17.0 Å². The van der Waals surface area contributed by atoms with Gasteiger partial charge in [-0.3, -0.25) is 14.2 Å². The number of nitrogens with one attached hydrogen (secondary N) is 1. The third-order valence-corrected chi connectivity index (χ3v) is 6.78. The Balaban J connectivity index is 1.41. The maximum absolute atomic E-state index is 13.3. The van der Waals surface area contributed by atoms with Crippen molar-refractivity contribution in [2.24, 2.45) is 7.05 Å². The van der Waals surface area contributed by atoms with Gasteiger partial charge in [0.15, 0.2) is 0 Å². The average Bonchev–Trinajstić information content (AvgIpc) is 3.16. The molecular formula is C23H24N4O4S. The van der Waals surface area contributed by atoms with Gasteiger partial charge in [0.2, 0.25) is 10.0 Å². The highest BCUT2D eigenvalue weighted by Crippen LogP contribution is 2.49. The number of anilines is 1. The lowest BCUT2D eigenvalue weighted by molar-refractivity contribution is -0.00169. The molecular weight excluding hydrogens is 428 g/mol. The summed E-state index contributed by atoms with van der Waals surface area (Å²) in [7, 11) is -1.57. The summed E-state index contributed by atoms with van der Waals surface area (Å²) in [6.07, 6.45) is 4.18. The smallest absolute Gasteiger partial charge is 0.255 e. The molecule has 3 heterocycles. The molecule has 1 aromatic heterocycles. The molecule has 1 saturated heterocycles. The number of benzene rings is 2. The Kier molecular flexibility index (Phi) is 4.74. The highest BCUT2D eigenvalue weighted by molar-refractivity contribution is 7.92. The molecule has 0 atom stereocenters. The van der Waals surface area contributed by atoms with E-state index in [2.05, 4.69) is 9.82 Å². The summed E-state index contributed by atoms with van der Waals surface area (Å²) in [6.45, 7) is 0.977. The van der Waals surface area contributed by atoms with Crippen molar-refractivity contribution in [2.75, 3.05) is 24.1 Å². The molecule has 1 N–H and O–H groups in total. The molecule has 1 fully saturated rings. The molecule has 0 bridgehead atoms. The number of piperidine rings is 1. The fourth-order valence-corrected chi connectivity index (χ4v) is 5.26. The van der Waals surface area contributed by atoms with Crippen molar-refractivity contribution in [3.63, 3.8) is 0 Å². The molecule has 5 rings (SSSR count). The van der Waals surface area contributed by atoms with Crippen LogP contribution in [0.5, 0.6) is 5.75 Å². The van der Waals surface area contributed by atoms with Crippen LogP contribution in [0.3, 0.4) is 0 Å². The van der Waals surface area contributed by atoms with Crippen molar-refractivity contribution in [1.29, 1.82) is 0 Å². The van der Waals surface area contributed by atoms with Crippen molar-refractivity contribution < 1.29 is 17.9 Å². The maximum Gasteiger partial charge on any atom is 0.255 e. The second kappa shape index (κ2) is 7.37. The standard InChI is InChI=1S/C23H24N4O4S/c1-26-21-17-8-4-6-10-20(17)31-23(18(21)15-24-26)11-13-27(14-12-23)22(28)16-7-3-5-9-19(16)25-32(2,29)30/h3-10,15,25H,11-14H2,1-2H3. The molecule has 0 aliphatic carbocycles. The zero-order chi connectivity index (χ0) is 22.5. The Labute approximate surface area is 186 Å². The molecule has 2 aromatic carbocycles. The minimum absolute atomic E-state index is 0.200. The lowest BCUT2D eigenvalue weighted by atomic mass is 9.81. The van der Waals surface area contributed by atoms with Crippen LogP contribution in [0.25, 0.3) is 11.3 Å². The highest BCUT2D eigenvalue weighted by atomic mass is 32.2. The topological polar surface area (TPSA) is 93.5 Å². The van der Waals surface area contributed by atoms with Crippen molar-refractivity contribution in [1.82, 2.24) is 14.7 Å². The van der Waals surface area contributed by atoms with Crippen LogP contribution in [0.15, 0.2) is 54.7 Å². The average molecular weight is 453 g/mol. The van der Waals surface area contributed by atoms with Crippen LogP contribution < -0.4 is 9.46 Å². The van der Waals surface area contributed by atoms with Gasteiger partial charge in [-0.05, 0) is 24.3 Å². The Bertz CT molecular complexity index is 1310. The molecule has 0 saturated carbocycles. The molecule has 2 aliphatic heterocycles. The first-order valence-corrected chi connectivity index (χ1v) is 12.3. The molecule has 166 valence electrons. The van der Waals surface area contributed by atoms with E-state index < -0.39 is 15.6 Å². The predicted octanol–water partition coefficient (Wildman–Crippen LogP) is 2.98. The normalized spacial score (nSPS) is 16.8. The fourth-order valence-electron chi connectivity index (χ4n) is 4.68. The molecule has 2 aliphatic rings. The number of carbonyl (C=O) groups excluding carboxylic acids is 1. The van der Waals surface area contributed by atoms with Gasteiger partial charge < -0.3 is 9.64 Å². The number of likely N-dealkylation sites (tertiary alicyclic amines) is 1. The zero-order valence-corrected chi connectivity index (χ0v) is 18.7. The van der Waals surface area contributed by atoms with Gasteiger partial charge >= 0.3 is 0 Å². The second-order valence-corrected chi connectivity index (χ2v) is 10.1. The fraction of sp³-hybridized carbons (Fsp3) is 0.304. The van der Waals surface area contributed by atoms with E-state index in [4.69, 9.17) is 4.74 Å². The van der Waals surface area contributed by atoms with Crippen LogP contribution in [0.1, 0.15) is 28.8 Å². The monoisotopic (exact) mass is 452 g/mol. The summed E-state index contributed by atoms with van der Waals surface area (Å²) in [6, 6.07) is 14.6. The van der Waals surface area contributed by atoms with Crippen LogP contribution in [-0.2, 0) is 22.7 Å². The van der Waals surface area contributed by atoms with Gasteiger partial charge in [0.1, 0.15) is 11.4 Å². The number of ether oxygens (including phenoxy) is 1. The lowest BCUT2D eigenvalue weighted by Crippen LogP contribution is -2.49. The van der Waals surface area contributed by atoms with Crippen LogP contribution in [0.2, 0.25) is 0 Å². The summed E-state index contributed by atoms with van der Waals surface area (Å²) in [5.41, 5.74) is 3.20. The number of rotatable bonds is 3. The first-order chi connectivity index (χ1) is 15.3. The van der Waals surface area contributed by atoms with E-state index in [0.717, 1.165) is 28.8 Å². The summed E-state index contributed by atoms with van der Waals surface area (Å²) in [4.78, 5) is 15.0. The number of hydrogen-bond acceptors (Lipinski definition) is 5. The zero-order valence-electron chi connectivity index (χ0n) is 17.9. The molecule has 32 heavy (non-hydrogen) atoms. The number of para-hydroxylation sites is 2. The van der Waals surface area contributed by atoms with Crippen LogP contribution >= 0.6 is 0 Å². The minimum atomic E-state index is -3.50. The van der Waals surface area contributed by atoms with Gasteiger partial charge in [0, 0.05) is 44.1 Å². The first kappa shape index (κ1) is 20.6. The molecule has 1 amide bonds. The van der Waals surface area contributed by atoms with Crippen molar-refractivity contribution in [2.45, 2.75) is 18.4 Å². The largest absolute Gasteiger partial charge is 0.482 e. The SMILES string of the molecule is Cn1ncc2c1-c1ccccc1OC21CCN(C(=O)c2ccccc2NS(C)(=O)=O)CC1. The van der Waals surface area contributed by atoms with Gasteiger partial charge in [-0.15, -0.1) is 0 Å². The van der Waals surface area contributed by atoms with E-state index >= 15 is 0 Å². The second-order valence-electron chi connectivity index (χ2n) is 8.33. The number of aromatic nitrogens is 2. The number of nitrogens with zero attached hydrogens (tertiary/aromatic N) is 3. The van der Waals surface area contributed by atoms with E-state index in [-0.39, 0.29) is 11.6 Å². The van der Waals surface area contributed by atoms with Crippen molar-refractivity contribution >= 4 is 21.6 Å².